The third kappa shape index (κ3) is 5.30. The van der Waals surface area contributed by atoms with E-state index < -0.39 is 21.9 Å². The van der Waals surface area contributed by atoms with Crippen molar-refractivity contribution in [3.63, 3.8) is 0 Å². The highest BCUT2D eigenvalue weighted by atomic mass is 32.2. The van der Waals surface area contributed by atoms with Gasteiger partial charge >= 0.3 is 6.03 Å². The van der Waals surface area contributed by atoms with Crippen LogP contribution in [-0.4, -0.2) is 14.4 Å². The molecular weight excluding hydrogens is 391 g/mol. The van der Waals surface area contributed by atoms with Crippen molar-refractivity contribution in [1.82, 2.24) is 4.72 Å². The van der Waals surface area contributed by atoms with E-state index in [1.165, 1.54) is 29.2 Å². The molecule has 0 radical (unpaired) electrons. The van der Waals surface area contributed by atoms with E-state index in [0.717, 1.165) is 5.41 Å². The highest BCUT2D eigenvalue weighted by Gasteiger charge is 2.22. The first-order chi connectivity index (χ1) is 13.9. The average molecular weight is 410 g/mol. The normalized spacial score (nSPS) is 11.7. The fourth-order valence-electron chi connectivity index (χ4n) is 2.75. The first kappa shape index (κ1) is 20.3. The molecule has 0 atom stereocenters. The Hall–Kier alpha value is -3.45. The second-order valence-electron chi connectivity index (χ2n) is 6.27. The van der Waals surface area contributed by atoms with E-state index in [1.54, 1.807) is 67.6 Å². The lowest BCUT2D eigenvalue weighted by molar-refractivity contribution is 0.253. The highest BCUT2D eigenvalue weighted by Crippen LogP contribution is 2.25. The van der Waals surface area contributed by atoms with Crippen molar-refractivity contribution < 1.29 is 17.6 Å². The Morgan fingerprint density at radius 3 is 1.83 bits per heavy atom. The zero-order valence-corrected chi connectivity index (χ0v) is 16.4. The summed E-state index contributed by atoms with van der Waals surface area (Å²) in [7, 11) is -4.10. The Kier molecular flexibility index (Phi) is 6.09. The number of nitrogens with zero attached hydrogens (tertiary/aromatic N) is 1. The van der Waals surface area contributed by atoms with Crippen LogP contribution in [0, 0.1) is 5.82 Å². The first-order valence-electron chi connectivity index (χ1n) is 8.77. The molecule has 3 aromatic carbocycles. The molecule has 1 N–H and O–H groups in total. The van der Waals surface area contributed by atoms with Crippen molar-refractivity contribution in [2.75, 3.05) is 4.90 Å². The number of rotatable bonds is 5. The predicted octanol–water partition coefficient (Wildman–Crippen LogP) is 5.06. The average Bonchev–Trinajstić information content (AvgIpc) is 2.69. The van der Waals surface area contributed by atoms with E-state index in [2.05, 4.69) is 4.72 Å². The van der Waals surface area contributed by atoms with Gasteiger partial charge in [-0.1, -0.05) is 48.5 Å². The number of para-hydroxylation sites is 2. The van der Waals surface area contributed by atoms with Crippen LogP contribution in [0.25, 0.3) is 5.57 Å². The molecule has 0 aliphatic carbocycles. The van der Waals surface area contributed by atoms with E-state index in [1.807, 2.05) is 0 Å². The van der Waals surface area contributed by atoms with Gasteiger partial charge in [0.15, 0.2) is 0 Å². The molecule has 0 saturated carbocycles. The summed E-state index contributed by atoms with van der Waals surface area (Å²) in [4.78, 5) is 14.2. The first-order valence-corrected chi connectivity index (χ1v) is 10.3. The Labute approximate surface area is 169 Å². The number of hydrogen-bond acceptors (Lipinski definition) is 3. The number of carbonyl (C=O) groups excluding carboxylic acids is 1. The van der Waals surface area contributed by atoms with Crippen LogP contribution >= 0.6 is 0 Å². The maximum atomic E-state index is 13.1. The summed E-state index contributed by atoms with van der Waals surface area (Å²) in [5.74, 6) is -0.418. The molecule has 0 aliphatic heterocycles. The number of urea groups is 1. The van der Waals surface area contributed by atoms with Crippen molar-refractivity contribution in [3.05, 3.63) is 102 Å². The number of benzene rings is 3. The second-order valence-corrected chi connectivity index (χ2v) is 7.80. The van der Waals surface area contributed by atoms with Crippen LogP contribution in [-0.2, 0) is 10.0 Å². The number of hydrogen-bond donors (Lipinski definition) is 1. The Morgan fingerprint density at radius 2 is 1.34 bits per heavy atom. The molecule has 0 spiro atoms. The van der Waals surface area contributed by atoms with Crippen molar-refractivity contribution in [3.8, 4) is 0 Å². The van der Waals surface area contributed by atoms with Crippen LogP contribution in [0.3, 0.4) is 0 Å². The standard InChI is InChI=1S/C22H19FN2O3S/c1-17(18-12-14-19(23)15-13-18)16-29(27,28)24-22(26)25(20-8-4-2-5-9-20)21-10-6-3-7-11-21/h2-16H,1H3,(H,24,26)/b17-16+. The second kappa shape index (κ2) is 8.70. The molecule has 5 nitrogen and oxygen atoms in total. The van der Waals surface area contributed by atoms with Crippen LogP contribution in [0.1, 0.15) is 12.5 Å². The number of halogens is 1. The summed E-state index contributed by atoms with van der Waals surface area (Å²) in [6, 6.07) is 22.1. The number of anilines is 2. The zero-order chi connectivity index (χ0) is 20.9. The summed E-state index contributed by atoms with van der Waals surface area (Å²) in [6.07, 6.45) is 0. The quantitative estimate of drug-likeness (QED) is 0.639. The van der Waals surface area contributed by atoms with Gasteiger partial charge in [0.05, 0.1) is 16.8 Å². The van der Waals surface area contributed by atoms with Crippen LogP contribution in [0.15, 0.2) is 90.3 Å². The monoisotopic (exact) mass is 410 g/mol. The van der Waals surface area contributed by atoms with E-state index in [9.17, 15) is 17.6 Å². The van der Waals surface area contributed by atoms with Crippen LogP contribution < -0.4 is 9.62 Å². The number of carbonyl (C=O) groups is 1. The molecule has 0 saturated heterocycles. The Morgan fingerprint density at radius 1 is 0.862 bits per heavy atom. The van der Waals surface area contributed by atoms with Gasteiger partial charge in [0.25, 0.3) is 10.0 Å². The van der Waals surface area contributed by atoms with E-state index in [-0.39, 0.29) is 0 Å². The van der Waals surface area contributed by atoms with Crippen molar-refractivity contribution in [2.24, 2.45) is 0 Å². The van der Waals surface area contributed by atoms with Gasteiger partial charge in [0.1, 0.15) is 5.82 Å². The molecule has 0 aromatic heterocycles. The summed E-state index contributed by atoms with van der Waals surface area (Å²) in [6.45, 7) is 1.57. The van der Waals surface area contributed by atoms with E-state index >= 15 is 0 Å². The molecule has 0 bridgehead atoms. The minimum Gasteiger partial charge on any atom is -0.262 e. The minimum absolute atomic E-state index is 0.372. The van der Waals surface area contributed by atoms with Gasteiger partial charge in [-0.05, 0) is 54.5 Å². The molecule has 0 fully saturated rings. The van der Waals surface area contributed by atoms with Crippen LogP contribution in [0.4, 0.5) is 20.6 Å². The van der Waals surface area contributed by atoms with Crippen LogP contribution in [0.5, 0.6) is 0 Å². The van der Waals surface area contributed by atoms with Gasteiger partial charge in [0.2, 0.25) is 0 Å². The molecule has 0 unspecified atom stereocenters. The van der Waals surface area contributed by atoms with Gasteiger partial charge in [-0.25, -0.2) is 22.3 Å². The lowest BCUT2D eigenvalue weighted by atomic mass is 10.1. The molecule has 0 aliphatic rings. The third-order valence-electron chi connectivity index (χ3n) is 4.09. The van der Waals surface area contributed by atoms with E-state index in [0.29, 0.717) is 22.5 Å². The van der Waals surface area contributed by atoms with Gasteiger partial charge in [-0.2, -0.15) is 0 Å². The predicted molar refractivity (Wildman–Crippen MR) is 113 cm³/mol. The maximum absolute atomic E-state index is 13.1. The molecule has 29 heavy (non-hydrogen) atoms. The fraction of sp³-hybridized carbons (Fsp3) is 0.0455. The lowest BCUT2D eigenvalue weighted by Crippen LogP contribution is -2.39. The number of sulfonamides is 1. The lowest BCUT2D eigenvalue weighted by Gasteiger charge is -2.23. The largest absolute Gasteiger partial charge is 0.340 e. The molecular formula is C22H19FN2O3S. The molecule has 3 rings (SSSR count). The summed E-state index contributed by atoms with van der Waals surface area (Å²) in [5, 5.41) is 0.951. The highest BCUT2D eigenvalue weighted by molar-refractivity contribution is 7.93. The molecule has 0 heterocycles. The number of allylic oxidation sites excluding steroid dienone is 1. The molecule has 2 amide bonds. The summed E-state index contributed by atoms with van der Waals surface area (Å²) < 4.78 is 40.2. The van der Waals surface area contributed by atoms with E-state index in [4.69, 9.17) is 0 Å². The SMILES string of the molecule is C/C(=C\S(=O)(=O)NC(=O)N(c1ccccc1)c1ccccc1)c1ccc(F)cc1. The van der Waals surface area contributed by atoms with Crippen LogP contribution in [0.2, 0.25) is 0 Å². The molecule has 7 heteroatoms. The Balaban J connectivity index is 1.89. The topological polar surface area (TPSA) is 66.5 Å². The van der Waals surface area contributed by atoms with Gasteiger partial charge in [0, 0.05) is 0 Å². The molecule has 3 aromatic rings. The maximum Gasteiger partial charge on any atom is 0.340 e. The van der Waals surface area contributed by atoms with Crippen molar-refractivity contribution >= 4 is 33.0 Å². The summed E-state index contributed by atoms with van der Waals surface area (Å²) >= 11 is 0. The minimum atomic E-state index is -4.10. The fourth-order valence-corrected chi connectivity index (χ4v) is 3.74. The Bertz CT molecular complexity index is 1070. The smallest absolute Gasteiger partial charge is 0.262 e. The van der Waals surface area contributed by atoms with Crippen molar-refractivity contribution in [1.29, 1.82) is 0 Å². The number of nitrogens with one attached hydrogen (secondary N) is 1. The van der Waals surface area contributed by atoms with Crippen molar-refractivity contribution in [2.45, 2.75) is 6.92 Å². The third-order valence-corrected chi connectivity index (χ3v) is 5.22. The number of amides is 2. The van der Waals surface area contributed by atoms with Gasteiger partial charge in [-0.15, -0.1) is 0 Å². The van der Waals surface area contributed by atoms with Gasteiger partial charge in [-0.3, -0.25) is 4.90 Å². The molecule has 148 valence electrons. The summed E-state index contributed by atoms with van der Waals surface area (Å²) in [5.41, 5.74) is 1.94. The zero-order valence-electron chi connectivity index (χ0n) is 15.6. The van der Waals surface area contributed by atoms with Gasteiger partial charge < -0.3 is 0 Å².